The lowest BCUT2D eigenvalue weighted by Gasteiger charge is -2.41. The summed E-state index contributed by atoms with van der Waals surface area (Å²) >= 11 is 0. The first kappa shape index (κ1) is 25.5. The van der Waals surface area contributed by atoms with Crippen LogP contribution in [0.25, 0.3) is 0 Å². The SMILES string of the molecule is CN[C@H]1CC[C@@](COC(CO)c2cc(C(F)(F)F)cc(C(F)(F)F)c2)(c2ccccc2)CC1. The summed E-state index contributed by atoms with van der Waals surface area (Å²) in [4.78, 5) is 0. The topological polar surface area (TPSA) is 41.5 Å². The third-order valence-corrected chi connectivity index (χ3v) is 6.45. The fourth-order valence-electron chi connectivity index (χ4n) is 4.45. The molecule has 0 bridgehead atoms. The minimum atomic E-state index is -4.97. The third kappa shape index (κ3) is 6.07. The lowest BCUT2D eigenvalue weighted by Crippen LogP contribution is -2.41. The van der Waals surface area contributed by atoms with Crippen molar-refractivity contribution < 1.29 is 36.2 Å². The van der Waals surface area contributed by atoms with Crippen LogP contribution in [0.3, 0.4) is 0 Å². The molecule has 2 aromatic rings. The number of hydrogen-bond acceptors (Lipinski definition) is 3. The molecule has 1 fully saturated rings. The quantitative estimate of drug-likeness (QED) is 0.492. The summed E-state index contributed by atoms with van der Waals surface area (Å²) < 4.78 is 85.4. The second-order valence-corrected chi connectivity index (χ2v) is 8.53. The molecule has 0 heterocycles. The van der Waals surface area contributed by atoms with Gasteiger partial charge in [0.2, 0.25) is 0 Å². The molecule has 1 atom stereocenters. The lowest BCUT2D eigenvalue weighted by atomic mass is 9.68. The molecule has 1 unspecified atom stereocenters. The Morgan fingerprint density at radius 1 is 0.970 bits per heavy atom. The van der Waals surface area contributed by atoms with Gasteiger partial charge in [0.25, 0.3) is 0 Å². The van der Waals surface area contributed by atoms with Crippen LogP contribution >= 0.6 is 0 Å². The zero-order valence-corrected chi connectivity index (χ0v) is 18.1. The number of ether oxygens (including phenoxy) is 1. The number of aliphatic hydroxyl groups excluding tert-OH is 1. The molecule has 1 saturated carbocycles. The Kier molecular flexibility index (Phi) is 7.76. The maximum absolute atomic E-state index is 13.3. The van der Waals surface area contributed by atoms with Crippen LogP contribution in [0.2, 0.25) is 0 Å². The fourth-order valence-corrected chi connectivity index (χ4v) is 4.45. The average molecular weight is 475 g/mol. The van der Waals surface area contributed by atoms with E-state index in [1.54, 1.807) is 0 Å². The Balaban J connectivity index is 1.90. The van der Waals surface area contributed by atoms with Gasteiger partial charge < -0.3 is 15.2 Å². The Morgan fingerprint density at radius 2 is 1.52 bits per heavy atom. The first-order valence-corrected chi connectivity index (χ1v) is 10.7. The Hall–Kier alpha value is -2.10. The van der Waals surface area contributed by atoms with Gasteiger partial charge in [-0.05, 0) is 62.1 Å². The molecular weight excluding hydrogens is 448 g/mol. The highest BCUT2D eigenvalue weighted by molar-refractivity contribution is 5.35. The number of benzene rings is 2. The molecule has 0 aromatic heterocycles. The van der Waals surface area contributed by atoms with Crippen LogP contribution in [0.5, 0.6) is 0 Å². The van der Waals surface area contributed by atoms with Crippen molar-refractivity contribution >= 4 is 0 Å². The summed E-state index contributed by atoms with van der Waals surface area (Å²) in [7, 11) is 1.88. The number of alkyl halides is 6. The zero-order valence-electron chi connectivity index (χ0n) is 18.1. The molecule has 1 aliphatic rings. The van der Waals surface area contributed by atoms with Gasteiger partial charge >= 0.3 is 12.4 Å². The van der Waals surface area contributed by atoms with Gasteiger partial charge in [0, 0.05) is 11.5 Å². The van der Waals surface area contributed by atoms with E-state index in [1.807, 2.05) is 37.4 Å². The molecule has 1 aliphatic carbocycles. The van der Waals surface area contributed by atoms with Crippen LogP contribution in [0.1, 0.15) is 54.0 Å². The maximum atomic E-state index is 13.3. The van der Waals surface area contributed by atoms with Crippen LogP contribution in [-0.2, 0) is 22.5 Å². The van der Waals surface area contributed by atoms with Crippen LogP contribution in [0, 0.1) is 0 Å². The van der Waals surface area contributed by atoms with Crippen molar-refractivity contribution in [1.29, 1.82) is 0 Å². The van der Waals surface area contributed by atoms with E-state index in [9.17, 15) is 31.4 Å². The van der Waals surface area contributed by atoms with E-state index in [1.165, 1.54) is 0 Å². The van der Waals surface area contributed by atoms with E-state index in [4.69, 9.17) is 4.74 Å². The van der Waals surface area contributed by atoms with E-state index < -0.39 is 41.6 Å². The van der Waals surface area contributed by atoms with Crippen LogP contribution < -0.4 is 5.32 Å². The van der Waals surface area contributed by atoms with E-state index in [0.29, 0.717) is 18.2 Å². The van der Waals surface area contributed by atoms with Crippen molar-refractivity contribution in [2.24, 2.45) is 0 Å². The Labute approximate surface area is 188 Å². The van der Waals surface area contributed by atoms with Gasteiger partial charge in [0.05, 0.1) is 24.3 Å². The largest absolute Gasteiger partial charge is 0.416 e. The molecule has 0 saturated heterocycles. The van der Waals surface area contributed by atoms with Crippen LogP contribution in [0.15, 0.2) is 48.5 Å². The van der Waals surface area contributed by atoms with Gasteiger partial charge in [-0.25, -0.2) is 0 Å². The number of nitrogens with one attached hydrogen (secondary N) is 1. The standard InChI is InChI=1S/C24H27F6NO2/c1-31-20-7-9-22(10-8-20,17-5-3-2-4-6-17)15-33-21(14-32)16-11-18(23(25,26)27)13-19(12-16)24(28,29)30/h2-6,11-13,20-21,31-32H,7-10,14-15H2,1H3/t20-,21?,22+. The number of rotatable bonds is 7. The molecule has 33 heavy (non-hydrogen) atoms. The monoisotopic (exact) mass is 475 g/mol. The van der Waals surface area contributed by atoms with Crippen molar-refractivity contribution in [3.63, 3.8) is 0 Å². The fraction of sp³-hybridized carbons (Fsp3) is 0.500. The van der Waals surface area contributed by atoms with Gasteiger partial charge in [-0.1, -0.05) is 30.3 Å². The predicted octanol–water partition coefficient (Wildman–Crippen LogP) is 5.87. The molecule has 2 aromatic carbocycles. The first-order chi connectivity index (χ1) is 15.5. The smallest absolute Gasteiger partial charge is 0.393 e. The lowest BCUT2D eigenvalue weighted by molar-refractivity contribution is -0.143. The zero-order chi connectivity index (χ0) is 24.3. The van der Waals surface area contributed by atoms with Crippen LogP contribution in [-0.4, -0.2) is 31.4 Å². The Morgan fingerprint density at radius 3 is 1.97 bits per heavy atom. The molecule has 182 valence electrons. The molecule has 2 N–H and O–H groups in total. The molecule has 3 nitrogen and oxygen atoms in total. The minimum absolute atomic E-state index is 0.0657. The third-order valence-electron chi connectivity index (χ3n) is 6.45. The number of aliphatic hydroxyl groups is 1. The summed E-state index contributed by atoms with van der Waals surface area (Å²) in [6.07, 6.45) is -8.09. The van der Waals surface area contributed by atoms with Crippen molar-refractivity contribution in [2.45, 2.75) is 55.6 Å². The molecule has 0 aliphatic heterocycles. The average Bonchev–Trinajstić information content (AvgIpc) is 2.79. The second-order valence-electron chi connectivity index (χ2n) is 8.53. The summed E-state index contributed by atoms with van der Waals surface area (Å²) in [5.41, 5.74) is -2.66. The molecular formula is C24H27F6NO2. The molecule has 0 amide bonds. The molecule has 3 rings (SSSR count). The van der Waals surface area contributed by atoms with Crippen molar-refractivity contribution in [1.82, 2.24) is 5.32 Å². The highest BCUT2D eigenvalue weighted by Crippen LogP contribution is 2.42. The predicted molar refractivity (Wildman–Crippen MR) is 112 cm³/mol. The maximum Gasteiger partial charge on any atom is 0.416 e. The Bertz CT molecular complexity index is 873. The van der Waals surface area contributed by atoms with E-state index in [-0.39, 0.29) is 18.2 Å². The number of hydrogen-bond donors (Lipinski definition) is 2. The summed E-state index contributed by atoms with van der Waals surface area (Å²) in [6.45, 7) is -0.682. The van der Waals surface area contributed by atoms with Gasteiger partial charge in [0.15, 0.2) is 0 Å². The van der Waals surface area contributed by atoms with Gasteiger partial charge in [0.1, 0.15) is 6.10 Å². The highest BCUT2D eigenvalue weighted by atomic mass is 19.4. The summed E-state index contributed by atoms with van der Waals surface area (Å²) in [5, 5.41) is 13.1. The summed E-state index contributed by atoms with van der Waals surface area (Å²) in [5.74, 6) is 0. The minimum Gasteiger partial charge on any atom is -0.393 e. The normalized spacial score (nSPS) is 22.8. The van der Waals surface area contributed by atoms with Crippen molar-refractivity contribution in [3.05, 3.63) is 70.8 Å². The highest BCUT2D eigenvalue weighted by Gasteiger charge is 2.40. The van der Waals surface area contributed by atoms with E-state index in [0.717, 1.165) is 31.2 Å². The molecule has 0 radical (unpaired) electrons. The second kappa shape index (κ2) is 10.0. The molecule has 9 heteroatoms. The summed E-state index contributed by atoms with van der Waals surface area (Å²) in [6, 6.07) is 11.2. The van der Waals surface area contributed by atoms with Crippen molar-refractivity contribution in [2.75, 3.05) is 20.3 Å². The molecule has 0 spiro atoms. The van der Waals surface area contributed by atoms with Gasteiger partial charge in [-0.15, -0.1) is 0 Å². The number of halogens is 6. The van der Waals surface area contributed by atoms with Crippen LogP contribution in [0.4, 0.5) is 26.3 Å². The van der Waals surface area contributed by atoms with Gasteiger partial charge in [-0.2, -0.15) is 26.3 Å². The van der Waals surface area contributed by atoms with Crippen molar-refractivity contribution in [3.8, 4) is 0 Å². The van der Waals surface area contributed by atoms with E-state index in [2.05, 4.69) is 5.32 Å². The van der Waals surface area contributed by atoms with E-state index >= 15 is 0 Å². The first-order valence-electron chi connectivity index (χ1n) is 10.7. The van der Waals surface area contributed by atoms with Gasteiger partial charge in [-0.3, -0.25) is 0 Å².